The van der Waals surface area contributed by atoms with Crippen LogP contribution in [0.1, 0.15) is 59.9 Å². The van der Waals surface area contributed by atoms with Gasteiger partial charge in [0.05, 0.1) is 5.56 Å². The summed E-state index contributed by atoms with van der Waals surface area (Å²) in [5.74, 6) is -0.530. The molecule has 20 heavy (non-hydrogen) atoms. The summed E-state index contributed by atoms with van der Waals surface area (Å²) < 4.78 is 0. The van der Waals surface area contributed by atoms with Crippen LogP contribution >= 0.6 is 0 Å². The van der Waals surface area contributed by atoms with E-state index in [4.69, 9.17) is 5.11 Å². The van der Waals surface area contributed by atoms with Crippen LogP contribution in [0.5, 0.6) is 0 Å². The van der Waals surface area contributed by atoms with E-state index in [1.807, 2.05) is 0 Å². The molecule has 1 saturated carbocycles. The molecule has 2 atom stereocenters. The largest absolute Gasteiger partial charge is 0.477 e. The maximum absolute atomic E-state index is 12.1. The van der Waals surface area contributed by atoms with Gasteiger partial charge >= 0.3 is 5.97 Å². The summed E-state index contributed by atoms with van der Waals surface area (Å²) in [5, 5.41) is 11.8. The molecule has 0 bridgehead atoms. The average Bonchev–Trinajstić information content (AvgIpc) is 2.64. The number of nitrogens with zero attached hydrogens (tertiary/aromatic N) is 1. The number of rotatable bonds is 3. The van der Waals surface area contributed by atoms with Gasteiger partial charge in [-0.25, -0.2) is 9.78 Å². The Morgan fingerprint density at radius 1 is 1.25 bits per heavy atom. The SMILES string of the molecule is CC1CCCC(NC(=O)c2ccc(C(=O)O)nc2)CC1. The highest BCUT2D eigenvalue weighted by atomic mass is 16.4. The molecular formula is C15H20N2O3. The Morgan fingerprint density at radius 3 is 2.70 bits per heavy atom. The molecule has 1 amide bonds. The van der Waals surface area contributed by atoms with Crippen LogP contribution < -0.4 is 5.32 Å². The number of aromatic carboxylic acids is 1. The van der Waals surface area contributed by atoms with E-state index < -0.39 is 5.97 Å². The van der Waals surface area contributed by atoms with Crippen LogP contribution in [0, 0.1) is 5.92 Å². The summed E-state index contributed by atoms with van der Waals surface area (Å²) in [5.41, 5.74) is 0.358. The van der Waals surface area contributed by atoms with Crippen molar-refractivity contribution in [1.29, 1.82) is 0 Å². The third-order valence-corrected chi connectivity index (χ3v) is 3.84. The highest BCUT2D eigenvalue weighted by Gasteiger charge is 2.18. The van der Waals surface area contributed by atoms with Crippen molar-refractivity contribution in [1.82, 2.24) is 10.3 Å². The van der Waals surface area contributed by atoms with Gasteiger partial charge in [0, 0.05) is 12.2 Å². The first-order valence-corrected chi connectivity index (χ1v) is 7.06. The molecule has 108 valence electrons. The second-order valence-electron chi connectivity index (χ2n) is 5.52. The van der Waals surface area contributed by atoms with E-state index in [0.29, 0.717) is 5.56 Å². The van der Waals surface area contributed by atoms with Crippen LogP contribution in [0.15, 0.2) is 18.3 Å². The van der Waals surface area contributed by atoms with Crippen molar-refractivity contribution in [2.75, 3.05) is 0 Å². The molecule has 5 nitrogen and oxygen atoms in total. The number of hydrogen-bond acceptors (Lipinski definition) is 3. The molecule has 0 spiro atoms. The maximum Gasteiger partial charge on any atom is 0.354 e. The number of carboxylic acids is 1. The molecule has 1 aliphatic carbocycles. The lowest BCUT2D eigenvalue weighted by Crippen LogP contribution is -2.34. The topological polar surface area (TPSA) is 79.3 Å². The van der Waals surface area contributed by atoms with E-state index in [9.17, 15) is 9.59 Å². The molecule has 1 heterocycles. The molecule has 2 rings (SSSR count). The molecule has 0 aromatic carbocycles. The van der Waals surface area contributed by atoms with Gasteiger partial charge in [0.2, 0.25) is 0 Å². The van der Waals surface area contributed by atoms with Gasteiger partial charge in [0.15, 0.2) is 0 Å². The van der Waals surface area contributed by atoms with E-state index >= 15 is 0 Å². The van der Waals surface area contributed by atoms with Crippen LogP contribution in [0.4, 0.5) is 0 Å². The van der Waals surface area contributed by atoms with Crippen molar-refractivity contribution in [3.05, 3.63) is 29.6 Å². The molecule has 1 aromatic heterocycles. The van der Waals surface area contributed by atoms with E-state index in [1.54, 1.807) is 0 Å². The van der Waals surface area contributed by atoms with Gasteiger partial charge in [0.25, 0.3) is 5.91 Å². The van der Waals surface area contributed by atoms with E-state index in [0.717, 1.165) is 31.6 Å². The van der Waals surface area contributed by atoms with Gasteiger partial charge in [-0.1, -0.05) is 19.8 Å². The lowest BCUT2D eigenvalue weighted by atomic mass is 10.0. The first-order valence-electron chi connectivity index (χ1n) is 7.06. The van der Waals surface area contributed by atoms with Crippen molar-refractivity contribution in [3.63, 3.8) is 0 Å². The first kappa shape index (κ1) is 14.5. The molecule has 2 unspecified atom stereocenters. The van der Waals surface area contributed by atoms with Crippen molar-refractivity contribution in [2.45, 2.75) is 45.1 Å². The number of carbonyl (C=O) groups excluding carboxylic acids is 1. The lowest BCUT2D eigenvalue weighted by molar-refractivity contribution is 0.0689. The summed E-state index contributed by atoms with van der Waals surface area (Å²) in [6, 6.07) is 3.07. The van der Waals surface area contributed by atoms with Crippen molar-refractivity contribution in [2.24, 2.45) is 5.92 Å². The zero-order valence-corrected chi connectivity index (χ0v) is 11.6. The van der Waals surface area contributed by atoms with Gasteiger partial charge in [-0.3, -0.25) is 4.79 Å². The molecule has 0 radical (unpaired) electrons. The Balaban J connectivity index is 1.95. The number of carbonyl (C=O) groups is 2. The third kappa shape index (κ3) is 3.79. The molecule has 0 saturated heterocycles. The van der Waals surface area contributed by atoms with Crippen LogP contribution in [0.3, 0.4) is 0 Å². The summed E-state index contributed by atoms with van der Waals surface area (Å²) in [6.07, 6.45) is 6.84. The van der Waals surface area contributed by atoms with E-state index in [-0.39, 0.29) is 17.6 Å². The molecule has 5 heteroatoms. The first-order chi connectivity index (χ1) is 9.56. The minimum Gasteiger partial charge on any atom is -0.477 e. The summed E-state index contributed by atoms with van der Waals surface area (Å²) in [4.78, 5) is 26.6. The Hall–Kier alpha value is -1.91. The number of carboxylic acid groups (broad SMARTS) is 1. The van der Waals surface area contributed by atoms with Gasteiger partial charge in [-0.15, -0.1) is 0 Å². The van der Waals surface area contributed by atoms with Crippen LogP contribution in [0.2, 0.25) is 0 Å². The van der Waals surface area contributed by atoms with Crippen LogP contribution in [0.25, 0.3) is 0 Å². The molecular weight excluding hydrogens is 256 g/mol. The van der Waals surface area contributed by atoms with Crippen LogP contribution in [-0.2, 0) is 0 Å². The Kier molecular flexibility index (Phi) is 4.71. The normalized spacial score (nSPS) is 22.9. The second kappa shape index (κ2) is 6.50. The summed E-state index contributed by atoms with van der Waals surface area (Å²) in [6.45, 7) is 2.25. The second-order valence-corrected chi connectivity index (χ2v) is 5.52. The number of pyridine rings is 1. The molecule has 2 N–H and O–H groups in total. The minimum atomic E-state index is -1.09. The predicted molar refractivity (Wildman–Crippen MR) is 74.7 cm³/mol. The summed E-state index contributed by atoms with van der Waals surface area (Å²) in [7, 11) is 0. The molecule has 0 aliphatic heterocycles. The third-order valence-electron chi connectivity index (χ3n) is 3.84. The fraction of sp³-hybridized carbons (Fsp3) is 0.533. The number of amides is 1. The smallest absolute Gasteiger partial charge is 0.354 e. The fourth-order valence-electron chi connectivity index (χ4n) is 2.55. The van der Waals surface area contributed by atoms with Crippen molar-refractivity contribution < 1.29 is 14.7 Å². The fourth-order valence-corrected chi connectivity index (χ4v) is 2.55. The van der Waals surface area contributed by atoms with Crippen molar-refractivity contribution >= 4 is 11.9 Å². The van der Waals surface area contributed by atoms with Gasteiger partial charge < -0.3 is 10.4 Å². The van der Waals surface area contributed by atoms with Crippen molar-refractivity contribution in [3.8, 4) is 0 Å². The van der Waals surface area contributed by atoms with Crippen LogP contribution in [-0.4, -0.2) is 28.0 Å². The van der Waals surface area contributed by atoms with Gasteiger partial charge in [-0.2, -0.15) is 0 Å². The van der Waals surface area contributed by atoms with E-state index in [2.05, 4.69) is 17.2 Å². The minimum absolute atomic E-state index is 0.0511. The lowest BCUT2D eigenvalue weighted by Gasteiger charge is -2.16. The average molecular weight is 276 g/mol. The highest BCUT2D eigenvalue weighted by molar-refractivity contribution is 5.95. The number of nitrogens with one attached hydrogen (secondary N) is 1. The Labute approximate surface area is 118 Å². The zero-order valence-electron chi connectivity index (χ0n) is 11.6. The number of aromatic nitrogens is 1. The molecule has 1 aromatic rings. The van der Waals surface area contributed by atoms with E-state index in [1.165, 1.54) is 24.8 Å². The Bertz CT molecular complexity index is 484. The quantitative estimate of drug-likeness (QED) is 0.831. The highest BCUT2D eigenvalue weighted by Crippen LogP contribution is 2.22. The standard InChI is InChI=1S/C15H20N2O3/c1-10-3-2-4-12(7-5-10)17-14(18)11-6-8-13(15(19)20)16-9-11/h6,8-10,12H,2-5,7H2,1H3,(H,17,18)(H,19,20). The zero-order chi connectivity index (χ0) is 14.5. The molecule has 1 aliphatic rings. The number of hydrogen-bond donors (Lipinski definition) is 2. The summed E-state index contributed by atoms with van der Waals surface area (Å²) >= 11 is 0. The molecule has 1 fully saturated rings. The van der Waals surface area contributed by atoms with Gasteiger partial charge in [0.1, 0.15) is 5.69 Å². The maximum atomic E-state index is 12.1. The predicted octanol–water partition coefficient (Wildman–Crippen LogP) is 2.48. The van der Waals surface area contributed by atoms with Gasteiger partial charge in [-0.05, 0) is 37.3 Å². The Morgan fingerprint density at radius 2 is 2.05 bits per heavy atom. The monoisotopic (exact) mass is 276 g/mol.